The monoisotopic (exact) mass is 186 g/mol. The number of halogens is 3. The van der Waals surface area contributed by atoms with Crippen molar-refractivity contribution >= 4 is 24.2 Å². The highest BCUT2D eigenvalue weighted by molar-refractivity contribution is 6.73. The summed E-state index contributed by atoms with van der Waals surface area (Å²) >= 11 is 0. The Morgan fingerprint density at radius 3 is 2.08 bits per heavy atom. The highest BCUT2D eigenvalue weighted by Crippen LogP contribution is 2.13. The van der Waals surface area contributed by atoms with E-state index in [0.717, 1.165) is 24.3 Å². The van der Waals surface area contributed by atoms with Crippen LogP contribution in [-0.4, -0.2) is 13.1 Å². The molecular weight excluding hydrogens is 182 g/mol. The average Bonchev–Trinajstić information content (AvgIpc) is 2.04. The number of aliphatic imine (C=N–C) groups is 1. The Balaban J connectivity index is 3.00. The Kier molecular flexibility index (Phi) is 2.53. The van der Waals surface area contributed by atoms with E-state index in [1.807, 2.05) is 0 Å². The van der Waals surface area contributed by atoms with Crippen molar-refractivity contribution in [2.24, 2.45) is 4.99 Å². The van der Waals surface area contributed by atoms with Crippen LogP contribution in [0.1, 0.15) is 0 Å². The molecule has 0 fully saturated rings. The van der Waals surface area contributed by atoms with Gasteiger partial charge in [-0.15, -0.1) is 5.46 Å². The number of hydrogen-bond acceptors (Lipinski definition) is 2. The van der Waals surface area contributed by atoms with E-state index in [9.17, 15) is 17.7 Å². The molecule has 2 nitrogen and oxygen atoms in total. The molecule has 0 aliphatic rings. The van der Waals surface area contributed by atoms with E-state index >= 15 is 0 Å². The summed E-state index contributed by atoms with van der Waals surface area (Å²) in [5.74, 6) is 0. The molecule has 1 aromatic carbocycles. The summed E-state index contributed by atoms with van der Waals surface area (Å²) in [4.78, 5) is 12.9. The van der Waals surface area contributed by atoms with Crippen LogP contribution in [0.2, 0.25) is 0 Å². The van der Waals surface area contributed by atoms with Gasteiger partial charge in [0, 0.05) is 0 Å². The van der Waals surface area contributed by atoms with Gasteiger partial charge in [0.2, 0.25) is 6.08 Å². The van der Waals surface area contributed by atoms with Gasteiger partial charge >= 0.3 is 6.98 Å². The first-order valence-electron chi connectivity index (χ1n) is 3.42. The summed E-state index contributed by atoms with van der Waals surface area (Å²) in [5, 5.41) is 0. The van der Waals surface area contributed by atoms with Gasteiger partial charge in [-0.3, -0.25) is 0 Å². The molecule has 0 spiro atoms. The lowest BCUT2D eigenvalue weighted by Gasteiger charge is -2.13. The van der Waals surface area contributed by atoms with Gasteiger partial charge in [-0.2, -0.15) is 4.99 Å². The molecule has 13 heavy (non-hydrogen) atoms. The molecule has 68 valence electrons. The molecule has 1 rings (SSSR count). The first-order chi connectivity index (χ1) is 6.04. The minimum Gasteiger partial charge on any atom is -0.445 e. The number of nitrogens with zero attached hydrogens (tertiary/aromatic N) is 1. The summed E-state index contributed by atoms with van der Waals surface area (Å²) < 4.78 is 36.2. The molecule has 0 N–H and O–H groups in total. The van der Waals surface area contributed by atoms with Crippen molar-refractivity contribution < 1.29 is 17.7 Å². The first-order valence-corrected chi connectivity index (χ1v) is 3.42. The minimum atomic E-state index is -4.97. The molecule has 0 aliphatic carbocycles. The van der Waals surface area contributed by atoms with Crippen LogP contribution >= 0.6 is 0 Å². The molecule has 0 heterocycles. The Morgan fingerprint density at radius 1 is 1.15 bits per heavy atom. The highest BCUT2D eigenvalue weighted by Gasteiger charge is 2.24. The fourth-order valence-corrected chi connectivity index (χ4v) is 0.820. The molecular formula is C7H4BF3NO-. The van der Waals surface area contributed by atoms with Crippen LogP contribution in [0.15, 0.2) is 29.3 Å². The Bertz CT molecular complexity index is 340. The minimum absolute atomic E-state index is 0.166. The third-order valence-electron chi connectivity index (χ3n) is 1.45. The molecule has 0 aliphatic heterocycles. The number of isocyanates is 1. The largest absolute Gasteiger partial charge is 0.509 e. The van der Waals surface area contributed by atoms with Gasteiger partial charge in [-0.05, 0) is 12.1 Å². The zero-order valence-electron chi connectivity index (χ0n) is 6.38. The van der Waals surface area contributed by atoms with Crippen LogP contribution in [0.3, 0.4) is 0 Å². The lowest BCUT2D eigenvalue weighted by molar-refractivity contribution is 0.501. The first kappa shape index (κ1) is 9.54. The second-order valence-electron chi connectivity index (χ2n) is 2.37. The maximum Gasteiger partial charge on any atom is 0.509 e. The molecule has 0 saturated carbocycles. The van der Waals surface area contributed by atoms with E-state index in [1.165, 1.54) is 6.08 Å². The van der Waals surface area contributed by atoms with Crippen LogP contribution in [-0.2, 0) is 4.79 Å². The lowest BCUT2D eigenvalue weighted by Crippen LogP contribution is -2.33. The SMILES string of the molecule is O=C=Nc1ccc([B-](F)(F)F)cc1. The van der Waals surface area contributed by atoms with Crippen LogP contribution in [0, 0.1) is 0 Å². The maximum absolute atomic E-state index is 12.1. The van der Waals surface area contributed by atoms with Gasteiger partial charge in [0.25, 0.3) is 0 Å². The number of rotatable bonds is 2. The quantitative estimate of drug-likeness (QED) is 0.392. The third kappa shape index (κ3) is 2.45. The van der Waals surface area contributed by atoms with Crippen LogP contribution < -0.4 is 5.46 Å². The summed E-state index contributed by atoms with van der Waals surface area (Å²) in [7, 11) is 0. The van der Waals surface area contributed by atoms with Gasteiger partial charge in [-0.25, -0.2) is 4.79 Å². The summed E-state index contributed by atoms with van der Waals surface area (Å²) in [6.07, 6.45) is 1.24. The lowest BCUT2D eigenvalue weighted by atomic mass is 9.80. The van der Waals surface area contributed by atoms with Crippen molar-refractivity contribution in [1.82, 2.24) is 0 Å². The molecule has 0 radical (unpaired) electrons. The van der Waals surface area contributed by atoms with E-state index in [4.69, 9.17) is 0 Å². The summed E-state index contributed by atoms with van der Waals surface area (Å²) in [6.45, 7) is -4.97. The molecule has 0 amide bonds. The van der Waals surface area contributed by atoms with Crippen LogP contribution in [0.5, 0.6) is 0 Å². The molecule has 0 atom stereocenters. The molecule has 0 aromatic heterocycles. The third-order valence-corrected chi connectivity index (χ3v) is 1.45. The van der Waals surface area contributed by atoms with Crippen molar-refractivity contribution in [1.29, 1.82) is 0 Å². The predicted octanol–water partition coefficient (Wildman–Crippen LogP) is 1.71. The van der Waals surface area contributed by atoms with E-state index in [-0.39, 0.29) is 5.69 Å². The van der Waals surface area contributed by atoms with E-state index in [2.05, 4.69) is 4.99 Å². The van der Waals surface area contributed by atoms with Gasteiger partial charge in [0.15, 0.2) is 0 Å². The Morgan fingerprint density at radius 2 is 1.69 bits per heavy atom. The number of carbonyl (C=O) groups excluding carboxylic acids is 1. The van der Waals surface area contributed by atoms with Crippen molar-refractivity contribution in [2.75, 3.05) is 0 Å². The Labute approximate surface area is 72.2 Å². The fraction of sp³-hybridized carbons (Fsp3) is 0. The zero-order valence-corrected chi connectivity index (χ0v) is 6.38. The van der Waals surface area contributed by atoms with E-state index in [1.54, 1.807) is 0 Å². The van der Waals surface area contributed by atoms with Crippen molar-refractivity contribution in [3.8, 4) is 0 Å². The predicted molar refractivity (Wildman–Crippen MR) is 42.9 cm³/mol. The number of hydrogen-bond donors (Lipinski definition) is 0. The van der Waals surface area contributed by atoms with Crippen molar-refractivity contribution in [2.45, 2.75) is 0 Å². The van der Waals surface area contributed by atoms with Gasteiger partial charge in [-0.1, -0.05) is 12.1 Å². The molecule has 0 bridgehead atoms. The van der Waals surface area contributed by atoms with E-state index in [0.29, 0.717) is 0 Å². The van der Waals surface area contributed by atoms with Crippen molar-refractivity contribution in [3.63, 3.8) is 0 Å². The summed E-state index contributed by atoms with van der Waals surface area (Å²) in [6, 6.07) is 4.01. The van der Waals surface area contributed by atoms with E-state index < -0.39 is 12.4 Å². The molecule has 0 saturated heterocycles. The van der Waals surface area contributed by atoms with Gasteiger partial charge in [0.05, 0.1) is 5.69 Å². The molecule has 0 unspecified atom stereocenters. The normalized spacial score (nSPS) is 10.7. The van der Waals surface area contributed by atoms with Crippen LogP contribution in [0.25, 0.3) is 0 Å². The average molecular weight is 186 g/mol. The standard InChI is InChI=1S/C7H4BF3NO/c9-8(10,11)6-1-3-7(4-2-6)12-5-13/h1-4H/q-1. The molecule has 6 heteroatoms. The second-order valence-corrected chi connectivity index (χ2v) is 2.37. The summed E-state index contributed by atoms with van der Waals surface area (Å²) in [5.41, 5.74) is -0.538. The molecule has 1 aromatic rings. The number of benzene rings is 1. The highest BCUT2D eigenvalue weighted by atomic mass is 19.4. The van der Waals surface area contributed by atoms with Crippen molar-refractivity contribution in [3.05, 3.63) is 24.3 Å². The maximum atomic E-state index is 12.1. The fourth-order valence-electron chi connectivity index (χ4n) is 0.820. The van der Waals surface area contributed by atoms with Crippen LogP contribution in [0.4, 0.5) is 18.6 Å². The van der Waals surface area contributed by atoms with Gasteiger partial charge in [0.1, 0.15) is 0 Å². The second kappa shape index (κ2) is 3.45. The topological polar surface area (TPSA) is 29.4 Å². The van der Waals surface area contributed by atoms with Gasteiger partial charge < -0.3 is 12.9 Å². The smallest absolute Gasteiger partial charge is 0.445 e. The zero-order chi connectivity index (χ0) is 9.90. The Hall–Kier alpha value is -1.55.